The van der Waals surface area contributed by atoms with Gasteiger partial charge in [0.1, 0.15) is 0 Å². The third-order valence-electron chi connectivity index (χ3n) is 4.75. The molecule has 0 aliphatic carbocycles. The zero-order valence-electron chi connectivity index (χ0n) is 12.4. The molecule has 1 aromatic rings. The van der Waals surface area contributed by atoms with Gasteiger partial charge in [-0.3, -0.25) is 10.3 Å². The molecular formula is C17H25N3. The van der Waals surface area contributed by atoms with Crippen molar-refractivity contribution < 1.29 is 0 Å². The Hall–Kier alpha value is -1.35. The maximum absolute atomic E-state index is 8.07. The summed E-state index contributed by atoms with van der Waals surface area (Å²) < 4.78 is 0. The lowest BCUT2D eigenvalue weighted by Gasteiger charge is -2.42. The lowest BCUT2D eigenvalue weighted by Crippen LogP contribution is -2.50. The standard InChI is InChI=1S/C17H25N3/c1-14-12-19(13-15-6-3-2-4-7-15)11-9-16(14)20-10-5-8-17(20)18/h2-4,6-7,14,16,18H,5,8-13H2,1H3. The normalized spacial score (nSPS) is 28.1. The Morgan fingerprint density at radius 2 is 2.00 bits per heavy atom. The molecular weight excluding hydrogens is 246 g/mol. The molecule has 1 N–H and O–H groups in total. The number of benzene rings is 1. The van der Waals surface area contributed by atoms with Gasteiger partial charge in [0, 0.05) is 38.6 Å². The topological polar surface area (TPSA) is 30.3 Å². The summed E-state index contributed by atoms with van der Waals surface area (Å²) >= 11 is 0. The van der Waals surface area contributed by atoms with E-state index in [-0.39, 0.29) is 0 Å². The van der Waals surface area contributed by atoms with Gasteiger partial charge in [-0.1, -0.05) is 37.3 Å². The van der Waals surface area contributed by atoms with Crippen molar-refractivity contribution in [1.82, 2.24) is 9.80 Å². The molecule has 0 saturated carbocycles. The molecule has 1 aromatic carbocycles. The van der Waals surface area contributed by atoms with E-state index >= 15 is 0 Å². The van der Waals surface area contributed by atoms with Gasteiger partial charge in [-0.2, -0.15) is 0 Å². The van der Waals surface area contributed by atoms with E-state index < -0.39 is 0 Å². The number of rotatable bonds is 3. The van der Waals surface area contributed by atoms with Crippen LogP contribution in [0.5, 0.6) is 0 Å². The average molecular weight is 271 g/mol. The maximum atomic E-state index is 8.07. The number of amidine groups is 1. The summed E-state index contributed by atoms with van der Waals surface area (Å²) in [6, 6.07) is 11.3. The van der Waals surface area contributed by atoms with Gasteiger partial charge in [-0.05, 0) is 24.3 Å². The van der Waals surface area contributed by atoms with Crippen molar-refractivity contribution in [3.8, 4) is 0 Å². The molecule has 2 atom stereocenters. The zero-order chi connectivity index (χ0) is 13.9. The first-order valence-corrected chi connectivity index (χ1v) is 7.84. The molecule has 3 rings (SSSR count). The highest BCUT2D eigenvalue weighted by Crippen LogP contribution is 2.27. The van der Waals surface area contributed by atoms with E-state index in [1.165, 1.54) is 18.4 Å². The second-order valence-corrected chi connectivity index (χ2v) is 6.30. The van der Waals surface area contributed by atoms with Crippen LogP contribution in [0.2, 0.25) is 0 Å². The van der Waals surface area contributed by atoms with E-state index in [4.69, 9.17) is 5.41 Å². The smallest absolute Gasteiger partial charge is 0.0960 e. The predicted molar refractivity (Wildman–Crippen MR) is 83.0 cm³/mol. The van der Waals surface area contributed by atoms with Crippen molar-refractivity contribution in [3.63, 3.8) is 0 Å². The molecule has 2 aliphatic heterocycles. The lowest BCUT2D eigenvalue weighted by molar-refractivity contribution is 0.102. The summed E-state index contributed by atoms with van der Waals surface area (Å²) in [6.45, 7) is 6.84. The third-order valence-corrected chi connectivity index (χ3v) is 4.75. The predicted octanol–water partition coefficient (Wildman–Crippen LogP) is 2.97. The van der Waals surface area contributed by atoms with E-state index in [9.17, 15) is 0 Å². The van der Waals surface area contributed by atoms with Gasteiger partial charge in [-0.25, -0.2) is 0 Å². The van der Waals surface area contributed by atoms with Crippen LogP contribution in [0.25, 0.3) is 0 Å². The molecule has 0 radical (unpaired) electrons. The Bertz CT molecular complexity index is 457. The van der Waals surface area contributed by atoms with Crippen molar-refractivity contribution in [2.45, 2.75) is 38.8 Å². The number of nitrogens with one attached hydrogen (secondary N) is 1. The third kappa shape index (κ3) is 2.88. The Labute approximate surface area is 122 Å². The largest absolute Gasteiger partial charge is 0.357 e. The molecule has 3 heteroatoms. The fourth-order valence-electron chi connectivity index (χ4n) is 3.73. The minimum atomic E-state index is 0.594. The second-order valence-electron chi connectivity index (χ2n) is 6.30. The minimum Gasteiger partial charge on any atom is -0.357 e. The molecule has 0 amide bonds. The summed E-state index contributed by atoms with van der Waals surface area (Å²) in [5.74, 6) is 1.53. The maximum Gasteiger partial charge on any atom is 0.0960 e. The van der Waals surface area contributed by atoms with Crippen LogP contribution in [-0.2, 0) is 6.54 Å². The number of likely N-dealkylation sites (tertiary alicyclic amines) is 2. The molecule has 0 spiro atoms. The van der Waals surface area contributed by atoms with Crippen molar-refractivity contribution in [1.29, 1.82) is 5.41 Å². The highest BCUT2D eigenvalue weighted by molar-refractivity contribution is 5.81. The monoisotopic (exact) mass is 271 g/mol. The van der Waals surface area contributed by atoms with E-state index in [1.54, 1.807) is 0 Å². The summed E-state index contributed by atoms with van der Waals surface area (Å²) in [5, 5.41) is 8.07. The van der Waals surface area contributed by atoms with Gasteiger partial charge in [-0.15, -0.1) is 0 Å². The summed E-state index contributed by atoms with van der Waals surface area (Å²) in [6.07, 6.45) is 3.36. The summed E-state index contributed by atoms with van der Waals surface area (Å²) in [4.78, 5) is 4.93. The van der Waals surface area contributed by atoms with E-state index in [0.29, 0.717) is 12.0 Å². The van der Waals surface area contributed by atoms with Crippen molar-refractivity contribution in [3.05, 3.63) is 35.9 Å². The number of hydrogen-bond donors (Lipinski definition) is 1. The SMILES string of the molecule is CC1CN(Cc2ccccc2)CCC1N1CCCC1=N. The minimum absolute atomic E-state index is 0.594. The first kappa shape index (κ1) is 13.6. The van der Waals surface area contributed by atoms with Gasteiger partial charge in [0.25, 0.3) is 0 Å². The van der Waals surface area contributed by atoms with E-state index in [0.717, 1.165) is 38.4 Å². The highest BCUT2D eigenvalue weighted by atomic mass is 15.2. The Balaban J connectivity index is 1.58. The van der Waals surface area contributed by atoms with Gasteiger partial charge < -0.3 is 4.90 Å². The van der Waals surface area contributed by atoms with E-state index in [2.05, 4.69) is 47.1 Å². The molecule has 2 saturated heterocycles. The van der Waals surface area contributed by atoms with Crippen molar-refractivity contribution in [2.75, 3.05) is 19.6 Å². The molecule has 2 aliphatic rings. The molecule has 2 heterocycles. The highest BCUT2D eigenvalue weighted by Gasteiger charge is 2.33. The Morgan fingerprint density at radius 3 is 2.65 bits per heavy atom. The molecule has 2 unspecified atom stereocenters. The molecule has 20 heavy (non-hydrogen) atoms. The second kappa shape index (κ2) is 5.96. The number of hydrogen-bond acceptors (Lipinski definition) is 2. The molecule has 0 bridgehead atoms. The molecule has 3 nitrogen and oxygen atoms in total. The van der Waals surface area contributed by atoms with E-state index in [1.807, 2.05) is 0 Å². The van der Waals surface area contributed by atoms with Crippen LogP contribution in [0.1, 0.15) is 31.7 Å². The lowest BCUT2D eigenvalue weighted by atomic mass is 9.92. The molecule has 0 aromatic heterocycles. The van der Waals surface area contributed by atoms with Crippen LogP contribution in [0.3, 0.4) is 0 Å². The van der Waals surface area contributed by atoms with Crippen LogP contribution < -0.4 is 0 Å². The zero-order valence-corrected chi connectivity index (χ0v) is 12.4. The van der Waals surface area contributed by atoms with Crippen molar-refractivity contribution >= 4 is 5.84 Å². The van der Waals surface area contributed by atoms with Crippen LogP contribution in [0.15, 0.2) is 30.3 Å². The summed E-state index contributed by atoms with van der Waals surface area (Å²) in [7, 11) is 0. The van der Waals surface area contributed by atoms with Crippen LogP contribution >= 0.6 is 0 Å². The van der Waals surface area contributed by atoms with Crippen LogP contribution in [-0.4, -0.2) is 41.3 Å². The average Bonchev–Trinajstić information content (AvgIpc) is 2.86. The quantitative estimate of drug-likeness (QED) is 0.916. The fraction of sp³-hybridized carbons (Fsp3) is 0.588. The van der Waals surface area contributed by atoms with Gasteiger partial charge >= 0.3 is 0 Å². The first-order chi connectivity index (χ1) is 9.74. The van der Waals surface area contributed by atoms with Crippen LogP contribution in [0.4, 0.5) is 0 Å². The fourth-order valence-corrected chi connectivity index (χ4v) is 3.73. The Morgan fingerprint density at radius 1 is 1.20 bits per heavy atom. The molecule has 108 valence electrons. The Kier molecular flexibility index (Phi) is 4.06. The number of piperidine rings is 1. The number of nitrogens with zero attached hydrogens (tertiary/aromatic N) is 2. The van der Waals surface area contributed by atoms with Gasteiger partial charge in [0.05, 0.1) is 5.84 Å². The van der Waals surface area contributed by atoms with Gasteiger partial charge in [0.2, 0.25) is 0 Å². The van der Waals surface area contributed by atoms with Crippen LogP contribution in [0, 0.1) is 11.3 Å². The van der Waals surface area contributed by atoms with Crippen molar-refractivity contribution in [2.24, 2.45) is 5.92 Å². The molecule has 2 fully saturated rings. The summed E-state index contributed by atoms with van der Waals surface area (Å²) in [5.41, 5.74) is 1.41. The first-order valence-electron chi connectivity index (χ1n) is 7.84. The van der Waals surface area contributed by atoms with Gasteiger partial charge in [0.15, 0.2) is 0 Å².